The summed E-state index contributed by atoms with van der Waals surface area (Å²) >= 11 is 0. The van der Waals surface area contributed by atoms with E-state index in [9.17, 15) is 4.79 Å². The maximum atomic E-state index is 12.5. The summed E-state index contributed by atoms with van der Waals surface area (Å²) in [5.41, 5.74) is 1.00. The van der Waals surface area contributed by atoms with Gasteiger partial charge in [-0.05, 0) is 57.2 Å². The van der Waals surface area contributed by atoms with Crippen molar-refractivity contribution in [1.82, 2.24) is 9.88 Å². The van der Waals surface area contributed by atoms with Gasteiger partial charge in [-0.2, -0.15) is 0 Å². The summed E-state index contributed by atoms with van der Waals surface area (Å²) in [6, 6.07) is 3.85. The minimum absolute atomic E-state index is 0.0498. The number of rotatable bonds is 4. The van der Waals surface area contributed by atoms with Crippen LogP contribution in [0.1, 0.15) is 37.7 Å². The quantitative estimate of drug-likeness (QED) is 0.927. The molecule has 126 valence electrons. The van der Waals surface area contributed by atoms with Gasteiger partial charge in [0.25, 0.3) is 0 Å². The third-order valence-electron chi connectivity index (χ3n) is 4.86. The molecule has 1 aromatic heterocycles. The molecule has 1 aromatic rings. The minimum atomic E-state index is 0.0498. The standard InChI is InChI=1S/C18H27N3O2/c1-14-6-4-9-19-17(14)20-18(22)15-7-5-10-21(12-15)13-16-8-2-3-11-23-16/h4,6,9,15-16H,2-3,5,7-8,10-13H2,1H3,(H,19,20,22)/t15-,16+/m0/s1. The number of ether oxygens (including phenoxy) is 1. The Kier molecular flexibility index (Phi) is 5.62. The number of anilines is 1. The summed E-state index contributed by atoms with van der Waals surface area (Å²) in [4.78, 5) is 19.2. The fourth-order valence-corrected chi connectivity index (χ4v) is 3.51. The van der Waals surface area contributed by atoms with Crippen LogP contribution in [0, 0.1) is 12.8 Å². The van der Waals surface area contributed by atoms with Crippen molar-refractivity contribution in [2.24, 2.45) is 5.92 Å². The van der Waals surface area contributed by atoms with Crippen LogP contribution in [-0.4, -0.2) is 48.1 Å². The van der Waals surface area contributed by atoms with Crippen molar-refractivity contribution in [2.75, 3.05) is 31.6 Å². The van der Waals surface area contributed by atoms with Gasteiger partial charge in [0.2, 0.25) is 5.91 Å². The zero-order valence-electron chi connectivity index (χ0n) is 14.0. The Morgan fingerprint density at radius 2 is 2.30 bits per heavy atom. The van der Waals surface area contributed by atoms with E-state index in [0.29, 0.717) is 11.9 Å². The van der Waals surface area contributed by atoms with Gasteiger partial charge in [-0.3, -0.25) is 9.69 Å². The second-order valence-corrected chi connectivity index (χ2v) is 6.75. The van der Waals surface area contributed by atoms with Crippen LogP contribution >= 0.6 is 0 Å². The topological polar surface area (TPSA) is 54.5 Å². The SMILES string of the molecule is Cc1cccnc1NC(=O)[C@H]1CCCN(C[C@H]2CCCCO2)C1. The molecule has 2 atom stereocenters. The van der Waals surface area contributed by atoms with E-state index in [1.807, 2.05) is 19.1 Å². The van der Waals surface area contributed by atoms with Crippen LogP contribution in [0.25, 0.3) is 0 Å². The van der Waals surface area contributed by atoms with Crippen LogP contribution in [0.5, 0.6) is 0 Å². The second kappa shape index (κ2) is 7.88. The Bertz CT molecular complexity index is 529. The molecule has 23 heavy (non-hydrogen) atoms. The van der Waals surface area contributed by atoms with Crippen LogP contribution in [0.4, 0.5) is 5.82 Å². The number of carbonyl (C=O) groups excluding carboxylic acids is 1. The normalized spacial score (nSPS) is 26.0. The first-order valence-electron chi connectivity index (χ1n) is 8.79. The predicted molar refractivity (Wildman–Crippen MR) is 90.4 cm³/mol. The third-order valence-corrected chi connectivity index (χ3v) is 4.86. The van der Waals surface area contributed by atoms with Gasteiger partial charge >= 0.3 is 0 Å². The number of hydrogen-bond donors (Lipinski definition) is 1. The van der Waals surface area contributed by atoms with Crippen LogP contribution in [0.3, 0.4) is 0 Å². The molecule has 0 bridgehead atoms. The summed E-state index contributed by atoms with van der Waals surface area (Å²) in [5.74, 6) is 0.833. The number of hydrogen-bond acceptors (Lipinski definition) is 4. The third kappa shape index (κ3) is 4.52. The van der Waals surface area contributed by atoms with Crippen LogP contribution in [0.2, 0.25) is 0 Å². The number of likely N-dealkylation sites (tertiary alicyclic amines) is 1. The van der Waals surface area contributed by atoms with Crippen molar-refractivity contribution in [2.45, 2.75) is 45.1 Å². The summed E-state index contributed by atoms with van der Waals surface area (Å²) < 4.78 is 5.84. The Balaban J connectivity index is 1.53. The van der Waals surface area contributed by atoms with Crippen molar-refractivity contribution in [3.8, 4) is 0 Å². The van der Waals surface area contributed by atoms with Crippen molar-refractivity contribution in [1.29, 1.82) is 0 Å². The molecule has 0 spiro atoms. The van der Waals surface area contributed by atoms with Crippen molar-refractivity contribution >= 4 is 11.7 Å². The van der Waals surface area contributed by atoms with E-state index in [1.165, 1.54) is 12.8 Å². The van der Waals surface area contributed by atoms with Crippen molar-refractivity contribution < 1.29 is 9.53 Å². The molecule has 0 unspecified atom stereocenters. The van der Waals surface area contributed by atoms with Crippen LogP contribution in [0.15, 0.2) is 18.3 Å². The number of nitrogens with zero attached hydrogens (tertiary/aromatic N) is 2. The summed E-state index contributed by atoms with van der Waals surface area (Å²) in [7, 11) is 0. The van der Waals surface area contributed by atoms with Gasteiger partial charge < -0.3 is 10.1 Å². The molecule has 1 N–H and O–H groups in total. The Morgan fingerprint density at radius 1 is 1.39 bits per heavy atom. The van der Waals surface area contributed by atoms with E-state index >= 15 is 0 Å². The Morgan fingerprint density at radius 3 is 3.09 bits per heavy atom. The van der Waals surface area contributed by atoms with Gasteiger partial charge in [0.15, 0.2) is 0 Å². The lowest BCUT2D eigenvalue weighted by molar-refractivity contribution is -0.122. The minimum Gasteiger partial charge on any atom is -0.377 e. The van der Waals surface area contributed by atoms with E-state index in [-0.39, 0.29) is 11.8 Å². The molecule has 0 radical (unpaired) electrons. The van der Waals surface area contributed by atoms with Gasteiger partial charge in [-0.15, -0.1) is 0 Å². The van der Waals surface area contributed by atoms with Crippen LogP contribution in [-0.2, 0) is 9.53 Å². The molecule has 3 heterocycles. The molecular formula is C18H27N3O2. The molecule has 5 nitrogen and oxygen atoms in total. The molecule has 2 fully saturated rings. The lowest BCUT2D eigenvalue weighted by Crippen LogP contribution is -2.44. The average molecular weight is 317 g/mol. The fraction of sp³-hybridized carbons (Fsp3) is 0.667. The number of aromatic nitrogens is 1. The molecule has 2 aliphatic heterocycles. The van der Waals surface area contributed by atoms with E-state index in [0.717, 1.165) is 51.1 Å². The second-order valence-electron chi connectivity index (χ2n) is 6.75. The highest BCUT2D eigenvalue weighted by Gasteiger charge is 2.28. The first-order valence-corrected chi connectivity index (χ1v) is 8.79. The van der Waals surface area contributed by atoms with E-state index in [1.54, 1.807) is 6.20 Å². The molecule has 2 saturated heterocycles. The number of aryl methyl sites for hydroxylation is 1. The van der Waals surface area contributed by atoms with E-state index in [4.69, 9.17) is 4.74 Å². The molecule has 1 amide bonds. The average Bonchev–Trinajstić information content (AvgIpc) is 2.58. The molecule has 0 aromatic carbocycles. The smallest absolute Gasteiger partial charge is 0.229 e. The Hall–Kier alpha value is -1.46. The maximum absolute atomic E-state index is 12.5. The predicted octanol–water partition coefficient (Wildman–Crippen LogP) is 2.61. The van der Waals surface area contributed by atoms with E-state index in [2.05, 4.69) is 15.2 Å². The first kappa shape index (κ1) is 16.4. The van der Waals surface area contributed by atoms with Crippen molar-refractivity contribution in [3.05, 3.63) is 23.9 Å². The Labute approximate surface area is 138 Å². The molecular weight excluding hydrogens is 290 g/mol. The van der Waals surface area contributed by atoms with Gasteiger partial charge in [0.05, 0.1) is 12.0 Å². The first-order chi connectivity index (χ1) is 11.2. The summed E-state index contributed by atoms with van der Waals surface area (Å²) in [5, 5.41) is 3.00. The zero-order chi connectivity index (χ0) is 16.1. The highest BCUT2D eigenvalue weighted by atomic mass is 16.5. The summed E-state index contributed by atoms with van der Waals surface area (Å²) in [6.07, 6.45) is 7.71. The van der Waals surface area contributed by atoms with Gasteiger partial charge in [0.1, 0.15) is 5.82 Å². The van der Waals surface area contributed by atoms with Gasteiger partial charge in [0, 0.05) is 25.9 Å². The zero-order valence-corrected chi connectivity index (χ0v) is 14.0. The summed E-state index contributed by atoms with van der Waals surface area (Å²) in [6.45, 7) is 5.73. The number of carbonyl (C=O) groups is 1. The van der Waals surface area contributed by atoms with Gasteiger partial charge in [-0.25, -0.2) is 4.98 Å². The number of amides is 1. The maximum Gasteiger partial charge on any atom is 0.229 e. The lowest BCUT2D eigenvalue weighted by Gasteiger charge is -2.35. The van der Waals surface area contributed by atoms with Crippen molar-refractivity contribution in [3.63, 3.8) is 0 Å². The molecule has 2 aliphatic rings. The highest BCUT2D eigenvalue weighted by Crippen LogP contribution is 2.21. The molecule has 3 rings (SSSR count). The number of pyridine rings is 1. The number of nitrogens with one attached hydrogen (secondary N) is 1. The molecule has 0 saturated carbocycles. The fourth-order valence-electron chi connectivity index (χ4n) is 3.51. The molecule has 0 aliphatic carbocycles. The molecule has 5 heteroatoms. The number of piperidine rings is 1. The monoisotopic (exact) mass is 317 g/mol. The van der Waals surface area contributed by atoms with Crippen LogP contribution < -0.4 is 5.32 Å². The van der Waals surface area contributed by atoms with E-state index < -0.39 is 0 Å². The largest absolute Gasteiger partial charge is 0.377 e. The highest BCUT2D eigenvalue weighted by molar-refractivity contribution is 5.92. The van der Waals surface area contributed by atoms with Gasteiger partial charge in [-0.1, -0.05) is 6.07 Å². The lowest BCUT2D eigenvalue weighted by atomic mass is 9.96.